The van der Waals surface area contributed by atoms with Crippen LogP contribution in [0, 0.1) is 6.92 Å². The highest BCUT2D eigenvalue weighted by molar-refractivity contribution is 5.97. The lowest BCUT2D eigenvalue weighted by Gasteiger charge is -2.34. The number of ketones is 1. The summed E-state index contributed by atoms with van der Waals surface area (Å²) in [7, 11) is 1.59. The number of methoxy groups -OCH3 is 1. The standard InChI is InChI=1S/C21H24N2O3/c1-16-6-8-17(9-7-16)20(24)15-22-10-12-23(13-11-22)21(25)18-4-3-5-19(14-18)26-2/h3-9,14H,10-13,15H2,1-2H3. The van der Waals surface area contributed by atoms with Crippen LogP contribution >= 0.6 is 0 Å². The SMILES string of the molecule is COc1cccc(C(=O)N2CCN(CC(=O)c3ccc(C)cc3)CC2)c1. The van der Waals surface area contributed by atoms with Crippen LogP contribution in [0.15, 0.2) is 48.5 Å². The first-order valence-corrected chi connectivity index (χ1v) is 8.82. The topological polar surface area (TPSA) is 49.9 Å². The summed E-state index contributed by atoms with van der Waals surface area (Å²) in [6, 6.07) is 14.9. The fraction of sp³-hybridized carbons (Fsp3) is 0.333. The third-order valence-electron chi connectivity index (χ3n) is 4.72. The molecule has 0 bridgehead atoms. The molecule has 0 radical (unpaired) electrons. The molecule has 0 aromatic heterocycles. The minimum absolute atomic E-state index is 0.00779. The summed E-state index contributed by atoms with van der Waals surface area (Å²) in [5.41, 5.74) is 2.52. The first-order valence-electron chi connectivity index (χ1n) is 8.82. The Morgan fingerprint density at radius 3 is 2.31 bits per heavy atom. The summed E-state index contributed by atoms with van der Waals surface area (Å²) in [6.07, 6.45) is 0. The molecule has 0 saturated carbocycles. The summed E-state index contributed by atoms with van der Waals surface area (Å²) >= 11 is 0. The van der Waals surface area contributed by atoms with Gasteiger partial charge < -0.3 is 9.64 Å². The number of piperazine rings is 1. The maximum absolute atomic E-state index is 12.6. The molecular weight excluding hydrogens is 328 g/mol. The Kier molecular flexibility index (Phi) is 5.68. The third-order valence-corrected chi connectivity index (χ3v) is 4.72. The molecule has 0 N–H and O–H groups in total. The van der Waals surface area contributed by atoms with Gasteiger partial charge in [-0.25, -0.2) is 0 Å². The molecule has 1 aliphatic rings. The average Bonchev–Trinajstić information content (AvgIpc) is 2.68. The summed E-state index contributed by atoms with van der Waals surface area (Å²) in [5, 5.41) is 0. The van der Waals surface area contributed by atoms with Crippen LogP contribution in [0.1, 0.15) is 26.3 Å². The van der Waals surface area contributed by atoms with E-state index in [9.17, 15) is 9.59 Å². The molecule has 0 spiro atoms. The second-order valence-electron chi connectivity index (χ2n) is 6.59. The van der Waals surface area contributed by atoms with Gasteiger partial charge in [0.1, 0.15) is 5.75 Å². The molecule has 3 rings (SSSR count). The normalized spacial score (nSPS) is 14.9. The Labute approximate surface area is 154 Å². The molecule has 1 amide bonds. The van der Waals surface area contributed by atoms with Crippen molar-refractivity contribution in [3.05, 3.63) is 65.2 Å². The van der Waals surface area contributed by atoms with Crippen LogP contribution in [0.3, 0.4) is 0 Å². The van der Waals surface area contributed by atoms with Gasteiger partial charge in [-0.3, -0.25) is 14.5 Å². The molecule has 1 saturated heterocycles. The lowest BCUT2D eigenvalue weighted by Crippen LogP contribution is -2.49. The molecule has 136 valence electrons. The number of rotatable bonds is 5. The van der Waals surface area contributed by atoms with Gasteiger partial charge in [0, 0.05) is 37.3 Å². The van der Waals surface area contributed by atoms with E-state index in [2.05, 4.69) is 4.90 Å². The lowest BCUT2D eigenvalue weighted by atomic mass is 10.1. The van der Waals surface area contributed by atoms with Crippen molar-refractivity contribution in [3.8, 4) is 5.75 Å². The van der Waals surface area contributed by atoms with Crippen LogP contribution in [-0.4, -0.2) is 61.3 Å². The molecule has 1 aliphatic heterocycles. The van der Waals surface area contributed by atoms with E-state index in [-0.39, 0.29) is 11.7 Å². The number of Topliss-reactive ketones (excluding diaryl/α,β-unsaturated/α-hetero) is 1. The van der Waals surface area contributed by atoms with Crippen molar-refractivity contribution < 1.29 is 14.3 Å². The second-order valence-corrected chi connectivity index (χ2v) is 6.59. The largest absolute Gasteiger partial charge is 0.497 e. The van der Waals surface area contributed by atoms with Gasteiger partial charge in [-0.2, -0.15) is 0 Å². The highest BCUT2D eigenvalue weighted by Gasteiger charge is 2.23. The van der Waals surface area contributed by atoms with Crippen molar-refractivity contribution in [2.45, 2.75) is 6.92 Å². The maximum Gasteiger partial charge on any atom is 0.254 e. The van der Waals surface area contributed by atoms with Gasteiger partial charge in [-0.15, -0.1) is 0 Å². The molecule has 1 heterocycles. The third kappa shape index (κ3) is 4.29. The minimum Gasteiger partial charge on any atom is -0.497 e. The Morgan fingerprint density at radius 1 is 0.962 bits per heavy atom. The predicted octanol–water partition coefficient (Wildman–Crippen LogP) is 2.64. The first kappa shape index (κ1) is 18.1. The molecule has 1 fully saturated rings. The number of benzene rings is 2. The molecular formula is C21H24N2O3. The summed E-state index contributed by atoms with van der Waals surface area (Å²) in [6.45, 7) is 5.05. The molecule has 2 aromatic carbocycles. The van der Waals surface area contributed by atoms with Crippen molar-refractivity contribution >= 4 is 11.7 Å². The van der Waals surface area contributed by atoms with Crippen molar-refractivity contribution in [2.24, 2.45) is 0 Å². The van der Waals surface area contributed by atoms with E-state index in [1.165, 1.54) is 0 Å². The van der Waals surface area contributed by atoms with Gasteiger partial charge >= 0.3 is 0 Å². The van der Waals surface area contributed by atoms with Gasteiger partial charge in [0.05, 0.1) is 13.7 Å². The van der Waals surface area contributed by atoms with Crippen molar-refractivity contribution in [2.75, 3.05) is 39.8 Å². The Balaban J connectivity index is 1.54. The number of carbonyl (C=O) groups excluding carboxylic acids is 2. The smallest absolute Gasteiger partial charge is 0.254 e. The van der Waals surface area contributed by atoms with Crippen LogP contribution in [0.4, 0.5) is 0 Å². The molecule has 26 heavy (non-hydrogen) atoms. The number of amides is 1. The van der Waals surface area contributed by atoms with Gasteiger partial charge in [-0.05, 0) is 25.1 Å². The van der Waals surface area contributed by atoms with Crippen LogP contribution in [0.2, 0.25) is 0 Å². The van der Waals surface area contributed by atoms with Gasteiger partial charge in [0.2, 0.25) is 0 Å². The monoisotopic (exact) mass is 352 g/mol. The van der Waals surface area contributed by atoms with E-state index in [0.717, 1.165) is 11.1 Å². The quantitative estimate of drug-likeness (QED) is 0.777. The Bertz CT molecular complexity index is 778. The highest BCUT2D eigenvalue weighted by atomic mass is 16.5. The highest BCUT2D eigenvalue weighted by Crippen LogP contribution is 2.16. The molecule has 0 unspecified atom stereocenters. The van der Waals surface area contributed by atoms with Crippen molar-refractivity contribution in [3.63, 3.8) is 0 Å². The summed E-state index contributed by atoms with van der Waals surface area (Å²) < 4.78 is 5.19. The fourth-order valence-electron chi connectivity index (χ4n) is 3.08. The van der Waals surface area contributed by atoms with Gasteiger partial charge in [-0.1, -0.05) is 35.9 Å². The number of ether oxygens (including phenoxy) is 1. The lowest BCUT2D eigenvalue weighted by molar-refractivity contribution is 0.0624. The van der Waals surface area contributed by atoms with Gasteiger partial charge in [0.15, 0.2) is 5.78 Å². The van der Waals surface area contributed by atoms with Crippen molar-refractivity contribution in [1.29, 1.82) is 0 Å². The van der Waals surface area contributed by atoms with E-state index in [1.807, 2.05) is 48.2 Å². The Hall–Kier alpha value is -2.66. The van der Waals surface area contributed by atoms with E-state index in [4.69, 9.17) is 4.74 Å². The first-order chi connectivity index (χ1) is 12.6. The molecule has 0 atom stereocenters. The van der Waals surface area contributed by atoms with Crippen LogP contribution in [0.5, 0.6) is 5.75 Å². The summed E-state index contributed by atoms with van der Waals surface area (Å²) in [5.74, 6) is 0.809. The van der Waals surface area contributed by atoms with Gasteiger partial charge in [0.25, 0.3) is 5.91 Å². The number of hydrogen-bond donors (Lipinski definition) is 0. The Morgan fingerprint density at radius 2 is 1.65 bits per heavy atom. The zero-order chi connectivity index (χ0) is 18.5. The van der Waals surface area contributed by atoms with E-state index in [1.54, 1.807) is 19.2 Å². The minimum atomic E-state index is 0.00779. The number of aryl methyl sites for hydroxylation is 1. The van der Waals surface area contributed by atoms with Crippen molar-refractivity contribution in [1.82, 2.24) is 9.80 Å². The number of carbonyl (C=O) groups is 2. The summed E-state index contributed by atoms with van der Waals surface area (Å²) in [4.78, 5) is 29.0. The fourth-order valence-corrected chi connectivity index (χ4v) is 3.08. The van der Waals surface area contributed by atoms with E-state index >= 15 is 0 Å². The van der Waals surface area contributed by atoms with E-state index < -0.39 is 0 Å². The van der Waals surface area contributed by atoms with E-state index in [0.29, 0.717) is 44.0 Å². The molecule has 5 nitrogen and oxygen atoms in total. The van der Waals surface area contributed by atoms with Crippen LogP contribution in [0.25, 0.3) is 0 Å². The van der Waals surface area contributed by atoms with Crippen LogP contribution in [-0.2, 0) is 0 Å². The maximum atomic E-state index is 12.6. The predicted molar refractivity (Wildman–Crippen MR) is 101 cm³/mol. The second kappa shape index (κ2) is 8.15. The molecule has 0 aliphatic carbocycles. The molecule has 2 aromatic rings. The number of nitrogens with zero attached hydrogens (tertiary/aromatic N) is 2. The zero-order valence-electron chi connectivity index (χ0n) is 15.3. The number of hydrogen-bond acceptors (Lipinski definition) is 4. The molecule has 5 heteroatoms. The zero-order valence-corrected chi connectivity index (χ0v) is 15.3. The average molecular weight is 352 g/mol. The van der Waals surface area contributed by atoms with Crippen LogP contribution < -0.4 is 4.74 Å².